The average Bonchev–Trinajstić information content (AvgIpc) is 2.66. The van der Waals surface area contributed by atoms with Crippen LogP contribution in [0.4, 0.5) is 0 Å². The molecule has 1 rings (SSSR count). The van der Waals surface area contributed by atoms with E-state index in [0.717, 1.165) is 6.54 Å². The van der Waals surface area contributed by atoms with Crippen LogP contribution >= 0.6 is 0 Å². The first-order valence-corrected chi connectivity index (χ1v) is 5.72. The maximum absolute atomic E-state index is 3.79. The fraction of sp³-hybridized carbons (Fsp3) is 0.818. The minimum atomic E-state index is 0.452. The Labute approximate surface area is 92.1 Å². The van der Waals surface area contributed by atoms with Gasteiger partial charge in [0.15, 0.2) is 0 Å². The van der Waals surface area contributed by atoms with Crippen LogP contribution in [-0.4, -0.2) is 26.8 Å². The number of hydrogen-bond donors (Lipinski definition) is 1. The Morgan fingerprint density at radius 2 is 1.80 bits per heavy atom. The molecule has 0 saturated heterocycles. The highest BCUT2D eigenvalue weighted by atomic mass is 15.2. The Morgan fingerprint density at radius 3 is 2.27 bits per heavy atom. The van der Waals surface area contributed by atoms with Gasteiger partial charge in [-0.25, -0.2) is 0 Å². The molecule has 86 valence electrons. The highest BCUT2D eigenvalue weighted by Crippen LogP contribution is 2.06. The summed E-state index contributed by atoms with van der Waals surface area (Å²) in [6.07, 6.45) is 4.69. The van der Waals surface area contributed by atoms with Gasteiger partial charge in [-0.3, -0.25) is 0 Å². The van der Waals surface area contributed by atoms with Crippen molar-refractivity contribution in [2.24, 2.45) is 5.92 Å². The molecule has 2 atom stereocenters. The summed E-state index contributed by atoms with van der Waals surface area (Å²) < 4.78 is 2.00. The minimum Gasteiger partial charge on any atom is -0.319 e. The molecule has 1 aromatic heterocycles. The van der Waals surface area contributed by atoms with Crippen molar-refractivity contribution < 1.29 is 0 Å². The number of nitrogens with one attached hydrogen (secondary N) is 1. The van der Waals surface area contributed by atoms with Crippen LogP contribution in [0.2, 0.25) is 0 Å². The number of hydrogen-bond acceptors (Lipinski definition) is 3. The molecule has 0 aromatic carbocycles. The van der Waals surface area contributed by atoms with Crippen molar-refractivity contribution in [3.8, 4) is 0 Å². The van der Waals surface area contributed by atoms with Gasteiger partial charge in [0.1, 0.15) is 12.7 Å². The SMILES string of the molecule is CCC(NC(C)Cn1cnnc1)C(C)C. The molecule has 0 saturated carbocycles. The van der Waals surface area contributed by atoms with Crippen LogP contribution in [0.5, 0.6) is 0 Å². The zero-order chi connectivity index (χ0) is 11.3. The van der Waals surface area contributed by atoms with Gasteiger partial charge in [-0.15, -0.1) is 10.2 Å². The maximum atomic E-state index is 3.79. The lowest BCUT2D eigenvalue weighted by molar-refractivity contribution is 0.333. The van der Waals surface area contributed by atoms with Crippen LogP contribution in [0.3, 0.4) is 0 Å². The quantitative estimate of drug-likeness (QED) is 0.777. The van der Waals surface area contributed by atoms with Gasteiger partial charge in [0, 0.05) is 18.6 Å². The van der Waals surface area contributed by atoms with Crippen molar-refractivity contribution in [1.29, 1.82) is 0 Å². The van der Waals surface area contributed by atoms with Crippen molar-refractivity contribution in [3.05, 3.63) is 12.7 Å². The third kappa shape index (κ3) is 4.00. The molecular weight excluding hydrogens is 188 g/mol. The van der Waals surface area contributed by atoms with Gasteiger partial charge in [0.05, 0.1) is 0 Å². The lowest BCUT2D eigenvalue weighted by Crippen LogP contribution is -2.41. The fourth-order valence-electron chi connectivity index (χ4n) is 1.83. The summed E-state index contributed by atoms with van der Waals surface area (Å²) in [6, 6.07) is 1.05. The van der Waals surface area contributed by atoms with Gasteiger partial charge in [0.2, 0.25) is 0 Å². The maximum Gasteiger partial charge on any atom is 0.119 e. The second-order valence-corrected chi connectivity index (χ2v) is 4.49. The first-order chi connectivity index (χ1) is 7.13. The number of nitrogens with zero attached hydrogens (tertiary/aromatic N) is 3. The zero-order valence-corrected chi connectivity index (χ0v) is 10.1. The van der Waals surface area contributed by atoms with Crippen molar-refractivity contribution in [2.45, 2.75) is 52.7 Å². The topological polar surface area (TPSA) is 42.7 Å². The smallest absolute Gasteiger partial charge is 0.119 e. The van der Waals surface area contributed by atoms with Gasteiger partial charge < -0.3 is 9.88 Å². The molecule has 1 heterocycles. The average molecular weight is 210 g/mol. The molecule has 0 bridgehead atoms. The van der Waals surface area contributed by atoms with E-state index in [9.17, 15) is 0 Å². The zero-order valence-electron chi connectivity index (χ0n) is 10.1. The summed E-state index contributed by atoms with van der Waals surface area (Å²) in [4.78, 5) is 0. The van der Waals surface area contributed by atoms with E-state index in [1.165, 1.54) is 6.42 Å². The van der Waals surface area contributed by atoms with E-state index in [2.05, 4.69) is 43.2 Å². The second kappa shape index (κ2) is 5.85. The summed E-state index contributed by atoms with van der Waals surface area (Å²) >= 11 is 0. The molecule has 0 amide bonds. The van der Waals surface area contributed by atoms with Crippen molar-refractivity contribution >= 4 is 0 Å². The summed E-state index contributed by atoms with van der Waals surface area (Å²) in [5.41, 5.74) is 0. The van der Waals surface area contributed by atoms with Gasteiger partial charge >= 0.3 is 0 Å². The fourth-order valence-corrected chi connectivity index (χ4v) is 1.83. The first kappa shape index (κ1) is 12.2. The third-order valence-corrected chi connectivity index (χ3v) is 2.69. The Bertz CT molecular complexity index is 256. The third-order valence-electron chi connectivity index (χ3n) is 2.69. The molecule has 0 radical (unpaired) electrons. The minimum absolute atomic E-state index is 0.452. The van der Waals surface area contributed by atoms with Crippen molar-refractivity contribution in [1.82, 2.24) is 20.1 Å². The van der Waals surface area contributed by atoms with E-state index in [4.69, 9.17) is 0 Å². The Kier molecular flexibility index (Phi) is 4.75. The van der Waals surface area contributed by atoms with Gasteiger partial charge in [0.25, 0.3) is 0 Å². The molecule has 1 N–H and O–H groups in total. The highest BCUT2D eigenvalue weighted by Gasteiger charge is 2.13. The van der Waals surface area contributed by atoms with E-state index in [0.29, 0.717) is 18.0 Å². The lowest BCUT2D eigenvalue weighted by atomic mass is 10.0. The summed E-state index contributed by atoms with van der Waals surface area (Å²) in [5, 5.41) is 11.2. The van der Waals surface area contributed by atoms with Crippen LogP contribution in [0, 0.1) is 5.92 Å². The van der Waals surface area contributed by atoms with E-state index in [1.54, 1.807) is 12.7 Å². The van der Waals surface area contributed by atoms with E-state index >= 15 is 0 Å². The van der Waals surface area contributed by atoms with Gasteiger partial charge in [-0.2, -0.15) is 0 Å². The summed E-state index contributed by atoms with van der Waals surface area (Å²) in [6.45, 7) is 9.86. The monoisotopic (exact) mass is 210 g/mol. The Hall–Kier alpha value is -0.900. The lowest BCUT2D eigenvalue weighted by Gasteiger charge is -2.25. The molecule has 4 heteroatoms. The molecule has 0 aliphatic carbocycles. The van der Waals surface area contributed by atoms with Crippen LogP contribution in [0.1, 0.15) is 34.1 Å². The molecule has 1 aromatic rings. The molecule has 0 fully saturated rings. The number of aromatic nitrogens is 3. The van der Waals surface area contributed by atoms with Crippen molar-refractivity contribution in [2.75, 3.05) is 0 Å². The second-order valence-electron chi connectivity index (χ2n) is 4.49. The largest absolute Gasteiger partial charge is 0.319 e. The van der Waals surface area contributed by atoms with Crippen LogP contribution < -0.4 is 5.32 Å². The van der Waals surface area contributed by atoms with Crippen molar-refractivity contribution in [3.63, 3.8) is 0 Å². The molecule has 0 aliphatic rings. The molecule has 0 spiro atoms. The highest BCUT2D eigenvalue weighted by molar-refractivity contribution is 4.74. The Balaban J connectivity index is 2.37. The summed E-state index contributed by atoms with van der Waals surface area (Å²) in [7, 11) is 0. The Morgan fingerprint density at radius 1 is 1.20 bits per heavy atom. The summed E-state index contributed by atoms with van der Waals surface area (Å²) in [5.74, 6) is 0.679. The van der Waals surface area contributed by atoms with Crippen LogP contribution in [0.25, 0.3) is 0 Å². The first-order valence-electron chi connectivity index (χ1n) is 5.72. The standard InChI is InChI=1S/C11H22N4/c1-5-11(9(2)3)14-10(4)6-15-7-12-13-8-15/h7-11,14H,5-6H2,1-4H3. The van der Waals surface area contributed by atoms with E-state index in [-0.39, 0.29) is 0 Å². The normalized spacial score (nSPS) is 15.5. The van der Waals surface area contributed by atoms with Crippen LogP contribution in [-0.2, 0) is 6.54 Å². The van der Waals surface area contributed by atoms with Gasteiger partial charge in [-0.1, -0.05) is 20.8 Å². The van der Waals surface area contributed by atoms with E-state index < -0.39 is 0 Å². The molecule has 0 aliphatic heterocycles. The van der Waals surface area contributed by atoms with Crippen LogP contribution in [0.15, 0.2) is 12.7 Å². The van der Waals surface area contributed by atoms with E-state index in [1.807, 2.05) is 4.57 Å². The predicted molar refractivity (Wildman–Crippen MR) is 61.5 cm³/mol. The van der Waals surface area contributed by atoms with Gasteiger partial charge in [-0.05, 0) is 19.3 Å². The molecule has 4 nitrogen and oxygen atoms in total. The molecule has 2 unspecified atom stereocenters. The predicted octanol–water partition coefficient (Wildman–Crippen LogP) is 1.69. The molecule has 15 heavy (non-hydrogen) atoms. The molecular formula is C11H22N4. The number of rotatable bonds is 6.